The van der Waals surface area contributed by atoms with Crippen LogP contribution in [0.5, 0.6) is 0 Å². The van der Waals surface area contributed by atoms with Crippen molar-refractivity contribution in [1.82, 2.24) is 20.8 Å². The number of aryl methyl sites for hydroxylation is 1. The molecule has 19 heavy (non-hydrogen) atoms. The lowest BCUT2D eigenvalue weighted by Crippen LogP contribution is -2.26. The molecule has 0 radical (unpaired) electrons. The lowest BCUT2D eigenvalue weighted by atomic mass is 10.1. The van der Waals surface area contributed by atoms with Crippen molar-refractivity contribution in [3.8, 4) is 0 Å². The molecule has 0 spiro atoms. The molecule has 0 aliphatic rings. The summed E-state index contributed by atoms with van der Waals surface area (Å²) in [5.41, 5.74) is 0. The second-order valence-corrected chi connectivity index (χ2v) is 5.35. The Kier molecular flexibility index (Phi) is 6.20. The molecule has 8 heteroatoms. The van der Waals surface area contributed by atoms with Crippen LogP contribution in [0.4, 0.5) is 4.79 Å². The van der Waals surface area contributed by atoms with Crippen molar-refractivity contribution in [2.45, 2.75) is 39.2 Å². The van der Waals surface area contributed by atoms with Crippen LogP contribution in [0.25, 0.3) is 0 Å². The van der Waals surface area contributed by atoms with Gasteiger partial charge in [0.15, 0.2) is 0 Å². The highest BCUT2D eigenvalue weighted by atomic mass is 32.1. The molecular formula is C11H18N4O3S. The van der Waals surface area contributed by atoms with Crippen molar-refractivity contribution < 1.29 is 14.7 Å². The molecule has 2 amide bonds. The number of hydrogen-bond donors (Lipinski definition) is 3. The van der Waals surface area contributed by atoms with Crippen LogP contribution in [0.1, 0.15) is 42.2 Å². The smallest absolute Gasteiger partial charge is 0.404 e. The summed E-state index contributed by atoms with van der Waals surface area (Å²) in [5.74, 6) is -0.110. The highest BCUT2D eigenvalue weighted by Gasteiger charge is 2.16. The molecule has 3 N–H and O–H groups in total. The first kappa shape index (κ1) is 15.4. The van der Waals surface area contributed by atoms with E-state index in [4.69, 9.17) is 5.11 Å². The van der Waals surface area contributed by atoms with Crippen LogP contribution in [0, 0.1) is 6.92 Å². The molecule has 1 aromatic rings. The molecular weight excluding hydrogens is 268 g/mol. The maximum atomic E-state index is 11.2. The maximum Gasteiger partial charge on any atom is 0.404 e. The van der Waals surface area contributed by atoms with E-state index < -0.39 is 6.09 Å². The molecule has 0 saturated heterocycles. The average molecular weight is 286 g/mol. The number of hydrogen-bond acceptors (Lipinski definition) is 5. The average Bonchev–Trinajstić information content (AvgIpc) is 2.73. The molecule has 1 atom stereocenters. The summed E-state index contributed by atoms with van der Waals surface area (Å²) < 4.78 is 0. The Labute approximate surface area is 115 Å². The van der Waals surface area contributed by atoms with Gasteiger partial charge in [-0.15, -0.1) is 10.2 Å². The summed E-state index contributed by atoms with van der Waals surface area (Å²) in [6, 6.07) is -0.145. The number of carboxylic acid groups (broad SMARTS) is 1. The number of carbonyl (C=O) groups excluding carboxylic acids is 1. The first-order chi connectivity index (χ1) is 8.99. The molecule has 0 fully saturated rings. The molecule has 1 rings (SSSR count). The van der Waals surface area contributed by atoms with E-state index in [-0.39, 0.29) is 11.9 Å². The summed E-state index contributed by atoms with van der Waals surface area (Å²) in [7, 11) is 0. The van der Waals surface area contributed by atoms with Gasteiger partial charge in [0.05, 0.1) is 6.04 Å². The van der Waals surface area contributed by atoms with Crippen LogP contribution in [-0.2, 0) is 4.79 Å². The Morgan fingerprint density at radius 3 is 2.63 bits per heavy atom. The van der Waals surface area contributed by atoms with Crippen LogP contribution in [-0.4, -0.2) is 33.8 Å². The minimum absolute atomic E-state index is 0.110. The third-order valence-corrected chi connectivity index (χ3v) is 3.37. The Morgan fingerprint density at radius 1 is 1.37 bits per heavy atom. The number of nitrogens with zero attached hydrogens (tertiary/aromatic N) is 2. The molecule has 0 aliphatic carbocycles. The summed E-state index contributed by atoms with van der Waals surface area (Å²) in [4.78, 5) is 21.4. The minimum Gasteiger partial charge on any atom is -0.465 e. The first-order valence-corrected chi connectivity index (χ1v) is 6.84. The van der Waals surface area contributed by atoms with Gasteiger partial charge in [-0.2, -0.15) is 0 Å². The maximum absolute atomic E-state index is 11.2. The predicted molar refractivity (Wildman–Crippen MR) is 71.1 cm³/mol. The normalized spacial score (nSPS) is 11.9. The molecule has 7 nitrogen and oxygen atoms in total. The Balaban J connectivity index is 2.42. The van der Waals surface area contributed by atoms with Crippen LogP contribution < -0.4 is 10.6 Å². The quantitative estimate of drug-likeness (QED) is 0.658. The Bertz CT molecular complexity index is 435. The lowest BCUT2D eigenvalue weighted by Gasteiger charge is -2.14. The minimum atomic E-state index is -1.02. The van der Waals surface area contributed by atoms with E-state index in [9.17, 15) is 9.59 Å². The number of rotatable bonds is 7. The van der Waals surface area contributed by atoms with Gasteiger partial charge < -0.3 is 15.7 Å². The highest BCUT2D eigenvalue weighted by molar-refractivity contribution is 7.11. The van der Waals surface area contributed by atoms with Gasteiger partial charge in [0.1, 0.15) is 10.0 Å². The SMILES string of the molecule is CC(=O)NC(CCCCNC(=O)O)c1nnc(C)s1. The number of amides is 2. The molecule has 0 bridgehead atoms. The van der Waals surface area contributed by atoms with E-state index >= 15 is 0 Å². The fraction of sp³-hybridized carbons (Fsp3) is 0.636. The van der Waals surface area contributed by atoms with Crippen LogP contribution >= 0.6 is 11.3 Å². The van der Waals surface area contributed by atoms with Gasteiger partial charge in [0.2, 0.25) is 5.91 Å². The molecule has 0 saturated carbocycles. The predicted octanol–water partition coefficient (Wildman–Crippen LogP) is 1.46. The van der Waals surface area contributed by atoms with Crippen molar-refractivity contribution in [1.29, 1.82) is 0 Å². The van der Waals surface area contributed by atoms with E-state index in [1.807, 2.05) is 6.92 Å². The van der Waals surface area contributed by atoms with E-state index in [1.165, 1.54) is 18.3 Å². The van der Waals surface area contributed by atoms with Crippen molar-refractivity contribution in [3.05, 3.63) is 10.0 Å². The molecule has 0 aromatic carbocycles. The van der Waals surface area contributed by atoms with E-state index in [2.05, 4.69) is 20.8 Å². The number of aromatic nitrogens is 2. The van der Waals surface area contributed by atoms with Gasteiger partial charge in [-0.25, -0.2) is 4.79 Å². The first-order valence-electron chi connectivity index (χ1n) is 6.03. The lowest BCUT2D eigenvalue weighted by molar-refractivity contribution is -0.119. The van der Waals surface area contributed by atoms with Crippen molar-refractivity contribution >= 4 is 23.3 Å². The molecule has 0 aliphatic heterocycles. The molecule has 1 aromatic heterocycles. The summed E-state index contributed by atoms with van der Waals surface area (Å²) in [6.07, 6.45) is 1.22. The van der Waals surface area contributed by atoms with Gasteiger partial charge in [0, 0.05) is 13.5 Å². The van der Waals surface area contributed by atoms with E-state index in [0.717, 1.165) is 29.3 Å². The number of unbranched alkanes of at least 4 members (excludes halogenated alkanes) is 1. The molecule has 1 unspecified atom stereocenters. The number of nitrogens with one attached hydrogen (secondary N) is 2. The zero-order valence-corrected chi connectivity index (χ0v) is 11.8. The van der Waals surface area contributed by atoms with Crippen molar-refractivity contribution in [2.75, 3.05) is 6.54 Å². The van der Waals surface area contributed by atoms with Gasteiger partial charge in [-0.1, -0.05) is 11.3 Å². The van der Waals surface area contributed by atoms with Gasteiger partial charge >= 0.3 is 6.09 Å². The van der Waals surface area contributed by atoms with Gasteiger partial charge in [0.25, 0.3) is 0 Å². The largest absolute Gasteiger partial charge is 0.465 e. The fourth-order valence-corrected chi connectivity index (χ4v) is 2.41. The zero-order valence-electron chi connectivity index (χ0n) is 11.0. The van der Waals surface area contributed by atoms with Gasteiger partial charge in [-0.05, 0) is 26.2 Å². The molecule has 1 heterocycles. The number of carbonyl (C=O) groups is 2. The Morgan fingerprint density at radius 2 is 2.11 bits per heavy atom. The Hall–Kier alpha value is -1.70. The van der Waals surface area contributed by atoms with E-state index in [0.29, 0.717) is 6.54 Å². The summed E-state index contributed by atoms with van der Waals surface area (Å²) >= 11 is 1.46. The van der Waals surface area contributed by atoms with Crippen LogP contribution in [0.2, 0.25) is 0 Å². The third-order valence-electron chi connectivity index (χ3n) is 2.41. The molecule has 106 valence electrons. The van der Waals surface area contributed by atoms with Crippen molar-refractivity contribution in [2.24, 2.45) is 0 Å². The van der Waals surface area contributed by atoms with E-state index in [1.54, 1.807) is 0 Å². The third kappa shape index (κ3) is 6.14. The fourth-order valence-electron chi connectivity index (χ4n) is 1.62. The van der Waals surface area contributed by atoms with Crippen molar-refractivity contribution in [3.63, 3.8) is 0 Å². The summed E-state index contributed by atoms with van der Waals surface area (Å²) in [6.45, 7) is 3.74. The second kappa shape index (κ2) is 7.67. The monoisotopic (exact) mass is 286 g/mol. The standard InChI is InChI=1S/C11H18N4O3S/c1-7(16)13-9(10-15-14-8(2)19-10)5-3-4-6-12-11(17)18/h9,12H,3-6H2,1-2H3,(H,13,16)(H,17,18). The van der Waals surface area contributed by atoms with Crippen LogP contribution in [0.3, 0.4) is 0 Å². The highest BCUT2D eigenvalue weighted by Crippen LogP contribution is 2.22. The summed E-state index contributed by atoms with van der Waals surface area (Å²) in [5, 5.41) is 23.2. The van der Waals surface area contributed by atoms with Crippen LogP contribution in [0.15, 0.2) is 0 Å². The topological polar surface area (TPSA) is 104 Å². The zero-order chi connectivity index (χ0) is 14.3. The second-order valence-electron chi connectivity index (χ2n) is 4.14. The van der Waals surface area contributed by atoms with Gasteiger partial charge in [-0.3, -0.25) is 4.79 Å².